The van der Waals surface area contributed by atoms with Gasteiger partial charge in [-0.25, -0.2) is 8.42 Å². The molecule has 0 aliphatic carbocycles. The van der Waals surface area contributed by atoms with Crippen LogP contribution in [0.15, 0.2) is 0 Å². The molecule has 2 aliphatic rings. The third-order valence-electron chi connectivity index (χ3n) is 4.56. The van der Waals surface area contributed by atoms with Crippen LogP contribution in [0.3, 0.4) is 0 Å². The molecule has 2 atom stereocenters. The van der Waals surface area contributed by atoms with E-state index in [1.54, 1.807) is 6.92 Å². The number of hydrogen-bond donors (Lipinski definition) is 0. The van der Waals surface area contributed by atoms with Gasteiger partial charge in [0.2, 0.25) is 0 Å². The first-order valence-electron chi connectivity index (χ1n) is 7.41. The van der Waals surface area contributed by atoms with Gasteiger partial charge in [-0.2, -0.15) is 11.8 Å². The van der Waals surface area contributed by atoms with Crippen LogP contribution in [0, 0.1) is 0 Å². The minimum Gasteiger partial charge on any atom is -0.469 e. The molecule has 0 aromatic heterocycles. The van der Waals surface area contributed by atoms with E-state index in [0.717, 1.165) is 24.3 Å². The van der Waals surface area contributed by atoms with Crippen LogP contribution in [0.2, 0.25) is 0 Å². The number of carbonyl (C=O) groups excluding carboxylic acids is 1. The second kappa shape index (κ2) is 6.87. The summed E-state index contributed by atoms with van der Waals surface area (Å²) in [5.74, 6) is 1.59. The molecule has 2 fully saturated rings. The fourth-order valence-corrected chi connectivity index (χ4v) is 6.34. The summed E-state index contributed by atoms with van der Waals surface area (Å²) in [5, 5.41) is -1.09. The van der Waals surface area contributed by atoms with Crippen molar-refractivity contribution in [3.8, 4) is 0 Å². The minimum atomic E-state index is -3.33. The molecular formula is C14H24O5S2. The number of hydrogen-bond acceptors (Lipinski definition) is 6. The second-order valence-electron chi connectivity index (χ2n) is 5.94. The van der Waals surface area contributed by atoms with Gasteiger partial charge in [0, 0.05) is 6.61 Å². The molecule has 0 aromatic carbocycles. The average molecular weight is 336 g/mol. The Labute approximate surface area is 131 Å². The Morgan fingerprint density at radius 2 is 2.10 bits per heavy atom. The predicted octanol–water partition coefficient (Wildman–Crippen LogP) is 1.80. The fourth-order valence-electron chi connectivity index (χ4n) is 3.12. The molecule has 1 spiro atoms. The summed E-state index contributed by atoms with van der Waals surface area (Å²) in [4.78, 5) is 11.3. The van der Waals surface area contributed by atoms with Crippen LogP contribution in [0.5, 0.6) is 0 Å². The fraction of sp³-hybridized carbons (Fsp3) is 0.929. The molecule has 2 unspecified atom stereocenters. The lowest BCUT2D eigenvalue weighted by atomic mass is 9.88. The third-order valence-corrected chi connectivity index (χ3v) is 8.16. The van der Waals surface area contributed by atoms with Crippen LogP contribution in [-0.4, -0.2) is 55.7 Å². The molecule has 0 radical (unpaired) electrons. The van der Waals surface area contributed by atoms with Gasteiger partial charge in [0.25, 0.3) is 0 Å². The predicted molar refractivity (Wildman–Crippen MR) is 83.3 cm³/mol. The van der Waals surface area contributed by atoms with Gasteiger partial charge in [0.1, 0.15) is 0 Å². The van der Waals surface area contributed by atoms with Gasteiger partial charge in [0.05, 0.1) is 29.6 Å². The van der Waals surface area contributed by atoms with E-state index in [2.05, 4.69) is 4.74 Å². The van der Waals surface area contributed by atoms with Crippen LogP contribution in [-0.2, 0) is 24.1 Å². The van der Waals surface area contributed by atoms with Gasteiger partial charge in [-0.1, -0.05) is 0 Å². The molecule has 5 nitrogen and oxygen atoms in total. The Morgan fingerprint density at radius 1 is 1.43 bits per heavy atom. The summed E-state index contributed by atoms with van der Waals surface area (Å²) in [6.45, 7) is 2.10. The van der Waals surface area contributed by atoms with E-state index in [1.165, 1.54) is 7.11 Å². The largest absolute Gasteiger partial charge is 0.469 e. The van der Waals surface area contributed by atoms with E-state index in [0.29, 0.717) is 19.4 Å². The Bertz CT molecular complexity index is 462. The highest BCUT2D eigenvalue weighted by Crippen LogP contribution is 2.40. The topological polar surface area (TPSA) is 69.7 Å². The Kier molecular flexibility index (Phi) is 5.59. The third kappa shape index (κ3) is 3.93. The summed E-state index contributed by atoms with van der Waals surface area (Å²) in [5.41, 5.74) is -0.258. The van der Waals surface area contributed by atoms with Crippen molar-refractivity contribution in [2.45, 2.75) is 55.1 Å². The normalized spacial score (nSPS) is 27.2. The van der Waals surface area contributed by atoms with Gasteiger partial charge in [0.15, 0.2) is 9.84 Å². The quantitative estimate of drug-likeness (QED) is 0.729. The van der Waals surface area contributed by atoms with Crippen molar-refractivity contribution in [2.75, 3.05) is 25.2 Å². The van der Waals surface area contributed by atoms with Crippen LogP contribution in [0.1, 0.15) is 39.0 Å². The van der Waals surface area contributed by atoms with Crippen LogP contribution >= 0.6 is 11.8 Å². The Hall–Kier alpha value is -0.270. The molecule has 0 aromatic rings. The van der Waals surface area contributed by atoms with Crippen molar-refractivity contribution < 1.29 is 22.7 Å². The molecular weight excluding hydrogens is 312 g/mol. The molecule has 2 heterocycles. The number of ether oxygens (including phenoxy) is 2. The average Bonchev–Trinajstić information content (AvgIpc) is 2.47. The number of thioether (sulfide) groups is 1. The van der Waals surface area contributed by atoms with Gasteiger partial charge >= 0.3 is 5.97 Å². The van der Waals surface area contributed by atoms with E-state index in [1.807, 2.05) is 11.8 Å². The summed E-state index contributed by atoms with van der Waals surface area (Å²) in [6, 6.07) is 0. The minimum absolute atomic E-state index is 0.0704. The first-order chi connectivity index (χ1) is 9.89. The molecule has 2 saturated heterocycles. The SMILES string of the molecule is COC(=O)CC(C)S(=O)(=O)C1CCOC2(CCSCC2)C1. The molecule has 0 amide bonds. The van der Waals surface area contributed by atoms with E-state index in [9.17, 15) is 13.2 Å². The zero-order chi connectivity index (χ0) is 15.5. The summed E-state index contributed by atoms with van der Waals surface area (Å²) < 4.78 is 35.9. The summed E-state index contributed by atoms with van der Waals surface area (Å²) in [7, 11) is -2.05. The molecule has 2 aliphatic heterocycles. The van der Waals surface area contributed by atoms with Gasteiger partial charge < -0.3 is 9.47 Å². The van der Waals surface area contributed by atoms with Crippen LogP contribution in [0.25, 0.3) is 0 Å². The highest BCUT2D eigenvalue weighted by Gasteiger charge is 2.44. The maximum atomic E-state index is 12.7. The number of rotatable bonds is 4. The highest BCUT2D eigenvalue weighted by atomic mass is 32.2. The Morgan fingerprint density at radius 3 is 2.71 bits per heavy atom. The maximum absolute atomic E-state index is 12.7. The van der Waals surface area contributed by atoms with Crippen LogP contribution in [0.4, 0.5) is 0 Å². The van der Waals surface area contributed by atoms with Crippen LogP contribution < -0.4 is 0 Å². The first-order valence-corrected chi connectivity index (χ1v) is 10.2. The molecule has 122 valence electrons. The number of methoxy groups -OCH3 is 1. The number of esters is 1. The smallest absolute Gasteiger partial charge is 0.306 e. The lowest BCUT2D eigenvalue weighted by Crippen LogP contribution is -2.48. The summed E-state index contributed by atoms with van der Waals surface area (Å²) in [6.07, 6.45) is 2.88. The molecule has 2 rings (SSSR count). The lowest BCUT2D eigenvalue weighted by Gasteiger charge is -2.43. The van der Waals surface area contributed by atoms with Crippen molar-refractivity contribution in [3.05, 3.63) is 0 Å². The van der Waals surface area contributed by atoms with Gasteiger partial charge in [-0.15, -0.1) is 0 Å². The zero-order valence-electron chi connectivity index (χ0n) is 12.7. The monoisotopic (exact) mass is 336 g/mol. The van der Waals surface area contributed by atoms with Crippen molar-refractivity contribution in [2.24, 2.45) is 0 Å². The first kappa shape index (κ1) is 17.1. The number of sulfone groups is 1. The van der Waals surface area contributed by atoms with E-state index in [-0.39, 0.29) is 12.0 Å². The molecule has 0 bridgehead atoms. The van der Waals surface area contributed by atoms with E-state index >= 15 is 0 Å². The molecule has 7 heteroatoms. The van der Waals surface area contributed by atoms with E-state index < -0.39 is 26.3 Å². The molecule has 0 N–H and O–H groups in total. The second-order valence-corrected chi connectivity index (χ2v) is 9.81. The van der Waals surface area contributed by atoms with Gasteiger partial charge in [-0.05, 0) is 44.1 Å². The van der Waals surface area contributed by atoms with Crippen molar-refractivity contribution in [1.29, 1.82) is 0 Å². The molecule has 21 heavy (non-hydrogen) atoms. The summed E-state index contributed by atoms with van der Waals surface area (Å²) >= 11 is 1.90. The van der Waals surface area contributed by atoms with E-state index in [4.69, 9.17) is 4.74 Å². The van der Waals surface area contributed by atoms with Crippen molar-refractivity contribution in [1.82, 2.24) is 0 Å². The number of carbonyl (C=O) groups is 1. The maximum Gasteiger partial charge on any atom is 0.306 e. The standard InChI is InChI=1S/C14H24O5S2/c1-11(9-13(15)18-2)21(16,17)12-3-6-19-14(10-12)4-7-20-8-5-14/h11-12H,3-10H2,1-2H3. The zero-order valence-corrected chi connectivity index (χ0v) is 14.3. The van der Waals surface area contributed by atoms with Crippen molar-refractivity contribution in [3.63, 3.8) is 0 Å². The lowest BCUT2D eigenvalue weighted by molar-refractivity contribution is -0.140. The van der Waals surface area contributed by atoms with Crippen molar-refractivity contribution >= 4 is 27.6 Å². The highest BCUT2D eigenvalue weighted by molar-refractivity contribution is 7.99. The molecule has 0 saturated carbocycles. The Balaban J connectivity index is 2.07. The van der Waals surface area contributed by atoms with Gasteiger partial charge in [-0.3, -0.25) is 4.79 Å².